The maximum Gasteiger partial charge on any atom is 0.221 e. The molecule has 0 aromatic heterocycles. The highest BCUT2D eigenvalue weighted by Gasteiger charge is 2.09. The summed E-state index contributed by atoms with van der Waals surface area (Å²) in [7, 11) is 0. The second-order valence-corrected chi connectivity index (χ2v) is 6.56. The number of carbonyl (C=O) groups excluding carboxylic acids is 1. The lowest BCUT2D eigenvalue weighted by Gasteiger charge is -2.22. The molecule has 0 bridgehead atoms. The van der Waals surface area contributed by atoms with Crippen LogP contribution >= 0.6 is 15.9 Å². The molecule has 2 aromatic carbocycles. The van der Waals surface area contributed by atoms with Crippen molar-refractivity contribution in [2.45, 2.75) is 27.7 Å². The van der Waals surface area contributed by atoms with Crippen LogP contribution in [0.4, 0.5) is 22.7 Å². The standard InChI is InChI=1S/C19H23BrN4O/c1-5-24(6-2)15-8-10-18(19(12-15)21-14(4)25)23-22-17-9-7-13(3)11-16(17)20/h7-12H,5-6H2,1-4H3,(H,21,25). The summed E-state index contributed by atoms with van der Waals surface area (Å²) in [5.41, 5.74) is 4.22. The fourth-order valence-electron chi connectivity index (χ4n) is 2.49. The number of nitrogens with one attached hydrogen (secondary N) is 1. The summed E-state index contributed by atoms with van der Waals surface area (Å²) in [6.07, 6.45) is 0. The molecule has 0 aliphatic heterocycles. The molecule has 132 valence electrons. The number of rotatable bonds is 6. The Morgan fingerprint density at radius 3 is 2.32 bits per heavy atom. The summed E-state index contributed by atoms with van der Waals surface area (Å²) >= 11 is 3.50. The van der Waals surface area contributed by atoms with Gasteiger partial charge in [0.05, 0.1) is 11.4 Å². The van der Waals surface area contributed by atoms with E-state index in [0.29, 0.717) is 11.4 Å². The first-order valence-electron chi connectivity index (χ1n) is 8.29. The molecule has 0 saturated heterocycles. The zero-order chi connectivity index (χ0) is 18.4. The molecule has 25 heavy (non-hydrogen) atoms. The second kappa shape index (κ2) is 8.76. The van der Waals surface area contributed by atoms with E-state index < -0.39 is 0 Å². The van der Waals surface area contributed by atoms with Gasteiger partial charge in [-0.15, -0.1) is 10.2 Å². The molecule has 0 saturated carbocycles. The van der Waals surface area contributed by atoms with Crippen LogP contribution in [0, 0.1) is 6.92 Å². The number of aryl methyl sites for hydroxylation is 1. The van der Waals surface area contributed by atoms with Crippen molar-refractivity contribution in [3.05, 3.63) is 46.4 Å². The predicted molar refractivity (Wildman–Crippen MR) is 107 cm³/mol. The van der Waals surface area contributed by atoms with Gasteiger partial charge in [0.25, 0.3) is 0 Å². The van der Waals surface area contributed by atoms with Crippen molar-refractivity contribution in [2.24, 2.45) is 10.2 Å². The smallest absolute Gasteiger partial charge is 0.221 e. The maximum atomic E-state index is 11.5. The number of hydrogen-bond acceptors (Lipinski definition) is 4. The molecule has 5 nitrogen and oxygen atoms in total. The molecule has 0 aliphatic rings. The molecule has 0 atom stereocenters. The molecule has 2 rings (SSSR count). The van der Waals surface area contributed by atoms with Crippen LogP contribution in [0.25, 0.3) is 0 Å². The van der Waals surface area contributed by atoms with Gasteiger partial charge in [-0.2, -0.15) is 0 Å². The summed E-state index contributed by atoms with van der Waals surface area (Å²) in [4.78, 5) is 13.8. The molecule has 2 aromatic rings. The molecule has 0 heterocycles. The minimum Gasteiger partial charge on any atom is -0.372 e. The van der Waals surface area contributed by atoms with Gasteiger partial charge in [0, 0.05) is 30.2 Å². The van der Waals surface area contributed by atoms with Gasteiger partial charge in [-0.3, -0.25) is 4.79 Å². The Hall–Kier alpha value is -2.21. The SMILES string of the molecule is CCN(CC)c1ccc(N=Nc2ccc(C)cc2Br)c(NC(C)=O)c1. The van der Waals surface area contributed by atoms with Crippen molar-refractivity contribution < 1.29 is 4.79 Å². The lowest BCUT2D eigenvalue weighted by atomic mass is 10.2. The normalized spacial score (nSPS) is 10.9. The van der Waals surface area contributed by atoms with Crippen molar-refractivity contribution in [1.82, 2.24) is 0 Å². The van der Waals surface area contributed by atoms with E-state index in [4.69, 9.17) is 0 Å². The van der Waals surface area contributed by atoms with Crippen molar-refractivity contribution in [2.75, 3.05) is 23.3 Å². The summed E-state index contributed by atoms with van der Waals surface area (Å²) < 4.78 is 0.886. The maximum absolute atomic E-state index is 11.5. The van der Waals surface area contributed by atoms with E-state index in [1.165, 1.54) is 6.92 Å². The quantitative estimate of drug-likeness (QED) is 0.604. The van der Waals surface area contributed by atoms with Gasteiger partial charge in [-0.1, -0.05) is 6.07 Å². The van der Waals surface area contributed by atoms with Crippen LogP contribution < -0.4 is 10.2 Å². The number of nitrogens with zero attached hydrogens (tertiary/aromatic N) is 3. The van der Waals surface area contributed by atoms with Crippen LogP contribution in [0.3, 0.4) is 0 Å². The Morgan fingerprint density at radius 2 is 1.72 bits per heavy atom. The van der Waals surface area contributed by atoms with E-state index in [0.717, 1.165) is 34.5 Å². The third-order valence-corrected chi connectivity index (χ3v) is 4.42. The zero-order valence-corrected chi connectivity index (χ0v) is 16.6. The monoisotopic (exact) mass is 402 g/mol. The molecule has 0 radical (unpaired) electrons. The number of anilines is 2. The summed E-state index contributed by atoms with van der Waals surface area (Å²) in [6.45, 7) is 9.50. The first-order valence-corrected chi connectivity index (χ1v) is 9.08. The van der Waals surface area contributed by atoms with E-state index in [1.807, 2.05) is 43.3 Å². The van der Waals surface area contributed by atoms with Crippen LogP contribution in [0.5, 0.6) is 0 Å². The number of carbonyl (C=O) groups is 1. The van der Waals surface area contributed by atoms with Crippen LogP contribution in [0.2, 0.25) is 0 Å². The molecule has 0 fully saturated rings. The Bertz CT molecular complexity index is 785. The topological polar surface area (TPSA) is 57.1 Å². The van der Waals surface area contributed by atoms with Gasteiger partial charge in [-0.05, 0) is 72.6 Å². The van der Waals surface area contributed by atoms with Crippen LogP contribution in [0.1, 0.15) is 26.3 Å². The van der Waals surface area contributed by atoms with E-state index in [1.54, 1.807) is 0 Å². The Balaban J connectivity index is 2.38. The van der Waals surface area contributed by atoms with Gasteiger partial charge in [0.15, 0.2) is 0 Å². The Labute approximate surface area is 157 Å². The number of halogens is 1. The first kappa shape index (κ1) is 19.1. The molecule has 0 unspecified atom stereocenters. The number of hydrogen-bond donors (Lipinski definition) is 1. The minimum absolute atomic E-state index is 0.135. The first-order chi connectivity index (χ1) is 11.9. The average molecular weight is 403 g/mol. The largest absolute Gasteiger partial charge is 0.372 e. The van der Waals surface area contributed by atoms with Crippen LogP contribution in [0.15, 0.2) is 51.1 Å². The average Bonchev–Trinajstić information content (AvgIpc) is 2.56. The molecular formula is C19H23BrN4O. The highest BCUT2D eigenvalue weighted by molar-refractivity contribution is 9.10. The molecule has 0 aliphatic carbocycles. The van der Waals surface area contributed by atoms with E-state index in [-0.39, 0.29) is 5.91 Å². The third-order valence-electron chi connectivity index (χ3n) is 3.79. The fourth-order valence-corrected chi connectivity index (χ4v) is 3.06. The van der Waals surface area contributed by atoms with E-state index in [9.17, 15) is 4.79 Å². The van der Waals surface area contributed by atoms with Crippen molar-refractivity contribution in [3.8, 4) is 0 Å². The molecule has 0 spiro atoms. The minimum atomic E-state index is -0.135. The van der Waals surface area contributed by atoms with Gasteiger partial charge >= 0.3 is 0 Å². The third kappa shape index (κ3) is 5.13. The summed E-state index contributed by atoms with van der Waals surface area (Å²) in [5, 5.41) is 11.5. The van der Waals surface area contributed by atoms with Gasteiger partial charge in [0.2, 0.25) is 5.91 Å². The van der Waals surface area contributed by atoms with Crippen molar-refractivity contribution >= 4 is 44.6 Å². The highest BCUT2D eigenvalue weighted by atomic mass is 79.9. The van der Waals surface area contributed by atoms with E-state index in [2.05, 4.69) is 50.2 Å². The Kier molecular flexibility index (Phi) is 6.70. The van der Waals surface area contributed by atoms with Crippen LogP contribution in [-0.4, -0.2) is 19.0 Å². The van der Waals surface area contributed by atoms with Crippen molar-refractivity contribution in [3.63, 3.8) is 0 Å². The predicted octanol–water partition coefficient (Wildman–Crippen LogP) is 5.98. The van der Waals surface area contributed by atoms with Gasteiger partial charge in [0.1, 0.15) is 5.69 Å². The molecule has 1 amide bonds. The Morgan fingerprint density at radius 1 is 1.08 bits per heavy atom. The fraction of sp³-hybridized carbons (Fsp3) is 0.316. The van der Waals surface area contributed by atoms with Crippen LogP contribution in [-0.2, 0) is 4.79 Å². The number of azo groups is 1. The number of amides is 1. The van der Waals surface area contributed by atoms with Crippen molar-refractivity contribution in [1.29, 1.82) is 0 Å². The van der Waals surface area contributed by atoms with E-state index >= 15 is 0 Å². The highest BCUT2D eigenvalue weighted by Crippen LogP contribution is 2.33. The lowest BCUT2D eigenvalue weighted by molar-refractivity contribution is -0.114. The molecule has 1 N–H and O–H groups in total. The molecule has 6 heteroatoms. The van der Waals surface area contributed by atoms with Gasteiger partial charge in [-0.25, -0.2) is 0 Å². The summed E-state index contributed by atoms with van der Waals surface area (Å²) in [5.74, 6) is -0.135. The second-order valence-electron chi connectivity index (χ2n) is 5.71. The van der Waals surface area contributed by atoms with Gasteiger partial charge < -0.3 is 10.2 Å². The number of benzene rings is 2. The summed E-state index contributed by atoms with van der Waals surface area (Å²) in [6, 6.07) is 11.7. The lowest BCUT2D eigenvalue weighted by Crippen LogP contribution is -2.21. The zero-order valence-electron chi connectivity index (χ0n) is 15.0. The molecular weight excluding hydrogens is 380 g/mol.